The Morgan fingerprint density at radius 1 is 1.00 bits per heavy atom. The number of aliphatic carboxylic acids is 1. The Balaban J connectivity index is 1.57. The molecule has 3 aromatic carbocycles. The normalized spacial score (nSPS) is 13.9. The third-order valence-electron chi connectivity index (χ3n) is 7.18. The molecule has 6 rings (SSSR count). The number of benzene rings is 3. The lowest BCUT2D eigenvalue weighted by Crippen LogP contribution is -2.28. The van der Waals surface area contributed by atoms with Crippen LogP contribution in [0.4, 0.5) is 0 Å². The maximum atomic E-state index is 12.8. The Morgan fingerprint density at radius 3 is 2.51 bits per heavy atom. The summed E-state index contributed by atoms with van der Waals surface area (Å²) in [6.45, 7) is 6.93. The summed E-state index contributed by atoms with van der Waals surface area (Å²) in [6.07, 6.45) is 4.43. The van der Waals surface area contributed by atoms with Crippen LogP contribution in [0.5, 0.6) is 5.75 Å². The molecule has 7 heteroatoms. The van der Waals surface area contributed by atoms with Crippen LogP contribution in [0.15, 0.2) is 85.2 Å². The van der Waals surface area contributed by atoms with Crippen molar-refractivity contribution in [2.24, 2.45) is 0 Å². The molecule has 7 nitrogen and oxygen atoms in total. The number of fused-ring (bicyclic) bond motifs is 2. The highest BCUT2D eigenvalue weighted by Crippen LogP contribution is 2.41. The van der Waals surface area contributed by atoms with Gasteiger partial charge in [-0.1, -0.05) is 54.6 Å². The first kappa shape index (κ1) is 26.7. The molecule has 41 heavy (non-hydrogen) atoms. The number of carboxylic acids is 1. The van der Waals surface area contributed by atoms with Crippen molar-refractivity contribution in [3.8, 4) is 28.3 Å². The molecule has 0 saturated carbocycles. The molecule has 0 amide bonds. The number of aryl methyl sites for hydroxylation is 1. The Labute approximate surface area is 239 Å². The van der Waals surface area contributed by atoms with Gasteiger partial charge in [0, 0.05) is 28.3 Å². The van der Waals surface area contributed by atoms with Crippen molar-refractivity contribution in [3.63, 3.8) is 0 Å². The number of pyridine rings is 1. The molecule has 1 aliphatic rings. The largest absolute Gasteiger partial charge is 0.493 e. The van der Waals surface area contributed by atoms with E-state index in [4.69, 9.17) is 14.5 Å². The molecule has 0 radical (unpaired) electrons. The minimum Gasteiger partial charge on any atom is -0.493 e. The number of hydrogen-bond acceptors (Lipinski definition) is 5. The molecule has 1 aliphatic heterocycles. The number of carbonyl (C=O) groups is 1. The molecular formula is C34H33N3O4. The van der Waals surface area contributed by atoms with Gasteiger partial charge < -0.3 is 14.6 Å². The zero-order chi connectivity index (χ0) is 28.6. The van der Waals surface area contributed by atoms with Gasteiger partial charge in [-0.25, -0.2) is 9.78 Å². The first-order chi connectivity index (χ1) is 19.8. The second kappa shape index (κ2) is 10.8. The van der Waals surface area contributed by atoms with Crippen LogP contribution in [-0.4, -0.2) is 38.0 Å². The highest BCUT2D eigenvalue weighted by molar-refractivity contribution is 6.01. The zero-order valence-electron chi connectivity index (χ0n) is 23.5. The Morgan fingerprint density at radius 2 is 1.76 bits per heavy atom. The molecule has 1 atom stereocenters. The van der Waals surface area contributed by atoms with E-state index in [1.165, 1.54) is 0 Å². The summed E-state index contributed by atoms with van der Waals surface area (Å²) in [4.78, 5) is 18.0. The van der Waals surface area contributed by atoms with E-state index < -0.39 is 17.7 Å². The van der Waals surface area contributed by atoms with Gasteiger partial charge in [0.1, 0.15) is 5.75 Å². The van der Waals surface area contributed by atoms with E-state index in [0.29, 0.717) is 24.4 Å². The Bertz CT molecular complexity index is 1720. The van der Waals surface area contributed by atoms with Gasteiger partial charge in [0.15, 0.2) is 6.10 Å². The van der Waals surface area contributed by atoms with Gasteiger partial charge in [0.05, 0.1) is 36.3 Å². The van der Waals surface area contributed by atoms with E-state index in [-0.39, 0.29) is 0 Å². The maximum absolute atomic E-state index is 12.8. The first-order valence-electron chi connectivity index (χ1n) is 13.9. The van der Waals surface area contributed by atoms with Crippen LogP contribution in [0.3, 0.4) is 0 Å². The number of aromatic nitrogens is 3. The lowest BCUT2D eigenvalue weighted by molar-refractivity contribution is -0.160. The topological polar surface area (TPSA) is 86.5 Å². The van der Waals surface area contributed by atoms with E-state index >= 15 is 0 Å². The number of ether oxygens (including phenoxy) is 2. The molecule has 0 spiro atoms. The van der Waals surface area contributed by atoms with Crippen molar-refractivity contribution in [1.29, 1.82) is 0 Å². The fourth-order valence-electron chi connectivity index (χ4n) is 5.43. The van der Waals surface area contributed by atoms with Crippen LogP contribution in [0.1, 0.15) is 50.0 Å². The van der Waals surface area contributed by atoms with E-state index in [1.807, 2.05) is 92.4 Å². The van der Waals surface area contributed by atoms with Gasteiger partial charge in [-0.3, -0.25) is 4.68 Å². The van der Waals surface area contributed by atoms with Crippen LogP contribution >= 0.6 is 0 Å². The van der Waals surface area contributed by atoms with Crippen LogP contribution in [0.2, 0.25) is 0 Å². The average molecular weight is 548 g/mol. The van der Waals surface area contributed by atoms with Crippen molar-refractivity contribution in [3.05, 3.63) is 102 Å². The predicted octanol–water partition coefficient (Wildman–Crippen LogP) is 7.08. The number of carboxylic acid groups (broad SMARTS) is 1. The van der Waals surface area contributed by atoms with Gasteiger partial charge in [-0.05, 0) is 68.3 Å². The molecule has 5 aromatic rings. The monoisotopic (exact) mass is 547 g/mol. The third kappa shape index (κ3) is 5.58. The van der Waals surface area contributed by atoms with Crippen LogP contribution in [-0.2, 0) is 22.5 Å². The second-order valence-electron chi connectivity index (χ2n) is 11.4. The summed E-state index contributed by atoms with van der Waals surface area (Å²) in [5.41, 5.74) is 5.10. The van der Waals surface area contributed by atoms with E-state index in [0.717, 1.165) is 57.3 Å². The van der Waals surface area contributed by atoms with E-state index in [9.17, 15) is 9.90 Å². The molecule has 3 heterocycles. The zero-order valence-corrected chi connectivity index (χ0v) is 23.5. The van der Waals surface area contributed by atoms with Crippen molar-refractivity contribution in [2.75, 3.05) is 6.61 Å². The molecule has 0 unspecified atom stereocenters. The van der Waals surface area contributed by atoms with Crippen molar-refractivity contribution in [1.82, 2.24) is 14.8 Å². The van der Waals surface area contributed by atoms with Crippen molar-refractivity contribution >= 4 is 16.7 Å². The standard InChI is InChI=1S/C34H33N3O4/c1-34(2,3)41-32(33(38)39)29-26-13-7-8-14-27(26)30(25-19-35-37(21-25)20-22-10-5-4-6-11-22)36-31(29)24-15-16-28-23(18-24)12-9-17-40-28/h4-8,10-11,13-16,18-19,21,32H,9,12,17,20H2,1-3H3,(H,38,39)/t32-/m0/s1. The minimum absolute atomic E-state index is 0.542. The Hall–Kier alpha value is -4.49. The summed E-state index contributed by atoms with van der Waals surface area (Å²) >= 11 is 0. The molecule has 208 valence electrons. The molecule has 0 saturated heterocycles. The fraction of sp³-hybridized carbons (Fsp3) is 0.265. The van der Waals surface area contributed by atoms with Gasteiger partial charge in [0.2, 0.25) is 0 Å². The van der Waals surface area contributed by atoms with E-state index in [2.05, 4.69) is 23.3 Å². The van der Waals surface area contributed by atoms with Crippen LogP contribution in [0.25, 0.3) is 33.3 Å². The number of rotatable bonds is 7. The summed E-state index contributed by atoms with van der Waals surface area (Å²) in [5, 5.41) is 16.7. The quantitative estimate of drug-likeness (QED) is 0.234. The van der Waals surface area contributed by atoms with Gasteiger partial charge in [0.25, 0.3) is 0 Å². The molecule has 0 bridgehead atoms. The lowest BCUT2D eigenvalue weighted by atomic mass is 9.91. The SMILES string of the molecule is CC(C)(C)O[C@H](C(=O)O)c1c(-c2ccc3c(c2)CCCO3)nc(-c2cnn(Cc3ccccc3)c2)c2ccccc12. The number of hydrogen-bond donors (Lipinski definition) is 1. The molecule has 2 aromatic heterocycles. The molecule has 0 aliphatic carbocycles. The first-order valence-corrected chi connectivity index (χ1v) is 13.9. The van der Waals surface area contributed by atoms with Gasteiger partial charge in [-0.15, -0.1) is 0 Å². The van der Waals surface area contributed by atoms with Crippen molar-refractivity contribution in [2.45, 2.75) is 51.9 Å². The molecule has 0 fully saturated rings. The summed E-state index contributed by atoms with van der Waals surface area (Å²) in [6, 6.07) is 24.0. The Kier molecular flexibility index (Phi) is 7.05. The minimum atomic E-state index is -1.22. The summed E-state index contributed by atoms with van der Waals surface area (Å²) < 4.78 is 14.0. The molecular weight excluding hydrogens is 514 g/mol. The highest BCUT2D eigenvalue weighted by Gasteiger charge is 2.33. The average Bonchev–Trinajstić information content (AvgIpc) is 3.43. The van der Waals surface area contributed by atoms with Gasteiger partial charge >= 0.3 is 5.97 Å². The van der Waals surface area contributed by atoms with Crippen LogP contribution < -0.4 is 4.74 Å². The lowest BCUT2D eigenvalue weighted by Gasteiger charge is -2.28. The predicted molar refractivity (Wildman–Crippen MR) is 159 cm³/mol. The molecule has 1 N–H and O–H groups in total. The summed E-state index contributed by atoms with van der Waals surface area (Å²) in [5.74, 6) is -0.191. The van der Waals surface area contributed by atoms with Crippen molar-refractivity contribution < 1.29 is 19.4 Å². The second-order valence-corrected chi connectivity index (χ2v) is 11.4. The fourth-order valence-corrected chi connectivity index (χ4v) is 5.43. The van der Waals surface area contributed by atoms with E-state index in [1.54, 1.807) is 0 Å². The summed E-state index contributed by atoms with van der Waals surface area (Å²) in [7, 11) is 0. The smallest absolute Gasteiger partial charge is 0.337 e. The highest BCUT2D eigenvalue weighted by atomic mass is 16.5. The number of nitrogens with zero attached hydrogens (tertiary/aromatic N) is 3. The third-order valence-corrected chi connectivity index (χ3v) is 7.18. The van der Waals surface area contributed by atoms with Crippen LogP contribution in [0, 0.1) is 0 Å². The van der Waals surface area contributed by atoms with Gasteiger partial charge in [-0.2, -0.15) is 5.10 Å². The maximum Gasteiger partial charge on any atom is 0.337 e.